The van der Waals surface area contributed by atoms with E-state index in [1.54, 1.807) is 19.2 Å². The Balaban J connectivity index is 1.44. The molecule has 1 fully saturated rings. The third kappa shape index (κ3) is 3.56. The molecule has 9 heteroatoms. The number of para-hydroxylation sites is 1. The Morgan fingerprint density at radius 3 is 2.74 bits per heavy atom. The Labute approximate surface area is 201 Å². The van der Waals surface area contributed by atoms with Gasteiger partial charge >= 0.3 is 0 Å². The lowest BCUT2D eigenvalue weighted by atomic mass is 10.1. The fourth-order valence-electron chi connectivity index (χ4n) is 4.71. The lowest BCUT2D eigenvalue weighted by molar-refractivity contribution is 0.0640. The minimum Gasteiger partial charge on any atom is -0.497 e. The molecular weight excluding hydrogens is 444 g/mol. The first-order chi connectivity index (χ1) is 17.1. The Kier molecular flexibility index (Phi) is 5.09. The Morgan fingerprint density at radius 1 is 1.06 bits per heavy atom. The van der Waals surface area contributed by atoms with Crippen LogP contribution in [-0.2, 0) is 0 Å². The highest BCUT2D eigenvalue weighted by molar-refractivity contribution is 5.94. The molecule has 0 aliphatic carbocycles. The van der Waals surface area contributed by atoms with Crippen molar-refractivity contribution in [2.75, 3.05) is 31.6 Å². The van der Waals surface area contributed by atoms with Crippen molar-refractivity contribution >= 4 is 28.4 Å². The molecule has 0 bridgehead atoms. The van der Waals surface area contributed by atoms with Crippen molar-refractivity contribution in [2.45, 2.75) is 13.0 Å². The summed E-state index contributed by atoms with van der Waals surface area (Å²) >= 11 is 0. The monoisotopic (exact) mass is 468 g/mol. The number of benzene rings is 2. The van der Waals surface area contributed by atoms with E-state index in [2.05, 4.69) is 15.1 Å². The molecule has 1 amide bonds. The molecule has 0 unspecified atom stereocenters. The van der Waals surface area contributed by atoms with Gasteiger partial charge in [0.25, 0.3) is 5.91 Å². The molecule has 0 N–H and O–H groups in total. The van der Waals surface area contributed by atoms with Crippen molar-refractivity contribution in [1.29, 1.82) is 0 Å². The zero-order valence-corrected chi connectivity index (χ0v) is 19.5. The lowest BCUT2D eigenvalue weighted by Gasteiger charge is -2.40. The number of carbonyl (C=O) groups excluding carboxylic acids is 1. The summed E-state index contributed by atoms with van der Waals surface area (Å²) in [5, 5.41) is 10.0. The maximum absolute atomic E-state index is 12.9. The number of hydrogen-bond acceptors (Lipinski definition) is 7. The van der Waals surface area contributed by atoms with E-state index >= 15 is 0 Å². The van der Waals surface area contributed by atoms with E-state index in [-0.39, 0.29) is 11.9 Å². The summed E-state index contributed by atoms with van der Waals surface area (Å²) in [5.74, 6) is 2.44. The smallest absolute Gasteiger partial charge is 0.289 e. The van der Waals surface area contributed by atoms with E-state index in [9.17, 15) is 4.79 Å². The number of hydrogen-bond donors (Lipinski definition) is 0. The number of anilines is 1. The SMILES string of the molecule is COc1cccc(-c2nnc3c4ccccc4nc(N4CCN(C(=O)c5ccco5)[C@@H](C)C4)n23)c1. The van der Waals surface area contributed by atoms with Crippen LogP contribution in [0.4, 0.5) is 5.95 Å². The summed E-state index contributed by atoms with van der Waals surface area (Å²) in [4.78, 5) is 22.0. The minimum atomic E-state index is -0.0971. The quantitative estimate of drug-likeness (QED) is 0.395. The molecule has 0 radical (unpaired) electrons. The number of piperazine rings is 1. The fraction of sp³-hybridized carbons (Fsp3) is 0.231. The molecule has 3 aromatic heterocycles. The third-order valence-corrected chi connectivity index (χ3v) is 6.46. The van der Waals surface area contributed by atoms with Gasteiger partial charge in [-0.05, 0) is 43.3 Å². The molecule has 9 nitrogen and oxygen atoms in total. The average molecular weight is 469 g/mol. The Morgan fingerprint density at radius 2 is 1.94 bits per heavy atom. The molecule has 5 aromatic rings. The van der Waals surface area contributed by atoms with Gasteiger partial charge in [0.05, 0.1) is 18.9 Å². The molecule has 1 saturated heterocycles. The van der Waals surface area contributed by atoms with Crippen LogP contribution in [0.2, 0.25) is 0 Å². The molecule has 0 spiro atoms. The molecule has 1 aliphatic heterocycles. The fourth-order valence-corrected chi connectivity index (χ4v) is 4.71. The van der Waals surface area contributed by atoms with Gasteiger partial charge in [0.1, 0.15) is 5.75 Å². The second kappa shape index (κ2) is 8.43. The van der Waals surface area contributed by atoms with Gasteiger partial charge in [-0.15, -0.1) is 10.2 Å². The number of furan rings is 1. The molecule has 2 aromatic carbocycles. The van der Waals surface area contributed by atoms with Crippen molar-refractivity contribution in [2.24, 2.45) is 0 Å². The number of nitrogens with zero attached hydrogens (tertiary/aromatic N) is 6. The Hall–Kier alpha value is -4.40. The van der Waals surface area contributed by atoms with Crippen molar-refractivity contribution < 1.29 is 13.9 Å². The van der Waals surface area contributed by atoms with E-state index in [0.717, 1.165) is 33.8 Å². The first kappa shape index (κ1) is 21.2. The summed E-state index contributed by atoms with van der Waals surface area (Å²) < 4.78 is 12.8. The van der Waals surface area contributed by atoms with E-state index in [1.165, 1.54) is 6.26 Å². The van der Waals surface area contributed by atoms with Crippen LogP contribution in [-0.4, -0.2) is 63.2 Å². The number of aromatic nitrogens is 4. The van der Waals surface area contributed by atoms with Crippen LogP contribution < -0.4 is 9.64 Å². The number of carbonyl (C=O) groups is 1. The largest absolute Gasteiger partial charge is 0.497 e. The highest BCUT2D eigenvalue weighted by atomic mass is 16.5. The van der Waals surface area contributed by atoms with Gasteiger partial charge in [-0.25, -0.2) is 9.38 Å². The highest BCUT2D eigenvalue weighted by Crippen LogP contribution is 2.31. The van der Waals surface area contributed by atoms with Crippen LogP contribution in [0.1, 0.15) is 17.5 Å². The van der Waals surface area contributed by atoms with E-state index in [4.69, 9.17) is 14.1 Å². The lowest BCUT2D eigenvalue weighted by Crippen LogP contribution is -2.54. The maximum atomic E-state index is 12.9. The summed E-state index contributed by atoms with van der Waals surface area (Å²) in [6, 6.07) is 19.1. The van der Waals surface area contributed by atoms with Crippen LogP contribution in [0.5, 0.6) is 5.75 Å². The van der Waals surface area contributed by atoms with Gasteiger partial charge in [-0.3, -0.25) is 4.79 Å². The van der Waals surface area contributed by atoms with Crippen LogP contribution in [0, 0.1) is 0 Å². The summed E-state index contributed by atoms with van der Waals surface area (Å²) in [5.41, 5.74) is 2.47. The average Bonchev–Trinajstić information content (AvgIpc) is 3.59. The molecule has 6 rings (SSSR count). The van der Waals surface area contributed by atoms with Gasteiger partial charge in [-0.1, -0.05) is 24.3 Å². The van der Waals surface area contributed by atoms with Crippen LogP contribution >= 0.6 is 0 Å². The number of amides is 1. The third-order valence-electron chi connectivity index (χ3n) is 6.46. The number of methoxy groups -OCH3 is 1. The second-order valence-electron chi connectivity index (χ2n) is 8.61. The molecule has 1 atom stereocenters. The van der Waals surface area contributed by atoms with Crippen molar-refractivity contribution in [1.82, 2.24) is 24.5 Å². The standard InChI is InChI=1S/C26H24N6O3/c1-17-16-30(12-13-31(17)25(33)22-11-6-14-35-22)26-27-21-10-4-3-9-20(21)24-29-28-23(32(24)26)18-7-5-8-19(15-18)34-2/h3-11,14-15,17H,12-13,16H2,1-2H3/t17-/m0/s1. The normalized spacial score (nSPS) is 16.2. The van der Waals surface area contributed by atoms with Crippen molar-refractivity contribution in [3.05, 3.63) is 72.7 Å². The number of fused-ring (bicyclic) bond motifs is 3. The van der Waals surface area contributed by atoms with Gasteiger partial charge in [0, 0.05) is 36.6 Å². The van der Waals surface area contributed by atoms with E-state index in [0.29, 0.717) is 31.2 Å². The number of rotatable bonds is 4. The summed E-state index contributed by atoms with van der Waals surface area (Å²) in [6.07, 6.45) is 1.52. The summed E-state index contributed by atoms with van der Waals surface area (Å²) in [6.45, 7) is 3.82. The molecular formula is C26H24N6O3. The number of ether oxygens (including phenoxy) is 1. The van der Waals surface area contributed by atoms with Gasteiger partial charge in [0.2, 0.25) is 5.95 Å². The van der Waals surface area contributed by atoms with E-state index in [1.807, 2.05) is 64.8 Å². The predicted molar refractivity (Wildman–Crippen MR) is 132 cm³/mol. The predicted octanol–water partition coefficient (Wildman–Crippen LogP) is 3.90. The van der Waals surface area contributed by atoms with Crippen LogP contribution in [0.3, 0.4) is 0 Å². The Bertz CT molecular complexity index is 1530. The van der Waals surface area contributed by atoms with Crippen molar-refractivity contribution in [3.63, 3.8) is 0 Å². The second-order valence-corrected chi connectivity index (χ2v) is 8.61. The van der Waals surface area contributed by atoms with Gasteiger partial charge in [0.15, 0.2) is 17.2 Å². The van der Waals surface area contributed by atoms with Crippen molar-refractivity contribution in [3.8, 4) is 17.1 Å². The molecule has 0 saturated carbocycles. The maximum Gasteiger partial charge on any atom is 0.289 e. The zero-order valence-electron chi connectivity index (χ0n) is 19.5. The molecule has 1 aliphatic rings. The van der Waals surface area contributed by atoms with Crippen LogP contribution in [0.25, 0.3) is 27.9 Å². The molecule has 4 heterocycles. The zero-order chi connectivity index (χ0) is 23.9. The summed E-state index contributed by atoms with van der Waals surface area (Å²) in [7, 11) is 1.65. The van der Waals surface area contributed by atoms with Gasteiger partial charge < -0.3 is 19.0 Å². The minimum absolute atomic E-state index is 0.0404. The molecule has 35 heavy (non-hydrogen) atoms. The first-order valence-corrected chi connectivity index (χ1v) is 11.5. The van der Waals surface area contributed by atoms with Crippen LogP contribution in [0.15, 0.2) is 71.3 Å². The van der Waals surface area contributed by atoms with Gasteiger partial charge in [-0.2, -0.15) is 0 Å². The van der Waals surface area contributed by atoms with E-state index < -0.39 is 0 Å². The first-order valence-electron chi connectivity index (χ1n) is 11.5. The molecule has 176 valence electrons. The highest BCUT2D eigenvalue weighted by Gasteiger charge is 2.31. The topological polar surface area (TPSA) is 89.0 Å².